The maximum absolute atomic E-state index is 4.28. The van der Waals surface area contributed by atoms with Crippen molar-refractivity contribution in [3.8, 4) is 0 Å². The van der Waals surface area contributed by atoms with E-state index in [9.17, 15) is 0 Å². The molecule has 0 aliphatic carbocycles. The zero-order valence-corrected chi connectivity index (χ0v) is 10.0. The molecule has 2 nitrogen and oxygen atoms in total. The first-order valence-electron chi connectivity index (χ1n) is 5.81. The summed E-state index contributed by atoms with van der Waals surface area (Å²) in [6.07, 6.45) is 4.37. The van der Waals surface area contributed by atoms with E-state index in [1.165, 1.54) is 12.8 Å². The summed E-state index contributed by atoms with van der Waals surface area (Å²) in [5.74, 6) is 0.795. The summed E-state index contributed by atoms with van der Waals surface area (Å²) in [4.78, 5) is 4.28. The van der Waals surface area contributed by atoms with Crippen LogP contribution in [0.5, 0.6) is 0 Å². The number of hydrogen-bond donors (Lipinski definition) is 1. The summed E-state index contributed by atoms with van der Waals surface area (Å²) < 4.78 is 0. The molecule has 0 spiro atoms. The van der Waals surface area contributed by atoms with Gasteiger partial charge in [-0.15, -0.1) is 0 Å². The van der Waals surface area contributed by atoms with Crippen LogP contribution in [0.4, 0.5) is 0 Å². The van der Waals surface area contributed by atoms with E-state index in [0.717, 1.165) is 18.2 Å². The van der Waals surface area contributed by atoms with Crippen molar-refractivity contribution >= 4 is 0 Å². The normalized spacial score (nSPS) is 13.1. The van der Waals surface area contributed by atoms with Gasteiger partial charge in [-0.3, -0.25) is 4.98 Å². The van der Waals surface area contributed by atoms with Crippen LogP contribution in [0, 0.1) is 5.92 Å². The third-order valence-corrected chi connectivity index (χ3v) is 2.53. The van der Waals surface area contributed by atoms with Crippen LogP contribution < -0.4 is 5.32 Å². The van der Waals surface area contributed by atoms with Crippen molar-refractivity contribution in [2.75, 3.05) is 0 Å². The minimum absolute atomic E-state index is 0.578. The third kappa shape index (κ3) is 5.53. The van der Waals surface area contributed by atoms with Crippen molar-refractivity contribution in [2.24, 2.45) is 5.92 Å². The van der Waals surface area contributed by atoms with Gasteiger partial charge in [-0.25, -0.2) is 0 Å². The van der Waals surface area contributed by atoms with Gasteiger partial charge in [-0.1, -0.05) is 19.9 Å². The SMILES string of the molecule is CC(C)CCC(C)NCc1ccccn1. The molecule has 1 aromatic rings. The minimum atomic E-state index is 0.578. The van der Waals surface area contributed by atoms with Crippen LogP contribution in [-0.4, -0.2) is 11.0 Å². The zero-order chi connectivity index (χ0) is 11.1. The van der Waals surface area contributed by atoms with Gasteiger partial charge in [0.25, 0.3) is 0 Å². The number of rotatable bonds is 6. The van der Waals surface area contributed by atoms with Gasteiger partial charge >= 0.3 is 0 Å². The predicted molar refractivity (Wildman–Crippen MR) is 64.6 cm³/mol. The van der Waals surface area contributed by atoms with Crippen LogP contribution in [-0.2, 0) is 6.54 Å². The van der Waals surface area contributed by atoms with Crippen molar-refractivity contribution in [3.63, 3.8) is 0 Å². The lowest BCUT2D eigenvalue weighted by molar-refractivity contribution is 0.449. The quantitative estimate of drug-likeness (QED) is 0.774. The fourth-order valence-corrected chi connectivity index (χ4v) is 1.47. The van der Waals surface area contributed by atoms with Crippen molar-refractivity contribution in [3.05, 3.63) is 30.1 Å². The van der Waals surface area contributed by atoms with Crippen LogP contribution in [0.15, 0.2) is 24.4 Å². The van der Waals surface area contributed by atoms with Crippen molar-refractivity contribution in [2.45, 2.75) is 46.2 Å². The first-order valence-corrected chi connectivity index (χ1v) is 5.81. The molecule has 1 unspecified atom stereocenters. The van der Waals surface area contributed by atoms with E-state index in [-0.39, 0.29) is 0 Å². The van der Waals surface area contributed by atoms with Gasteiger partial charge in [0.05, 0.1) is 5.69 Å². The highest BCUT2D eigenvalue weighted by molar-refractivity contribution is 5.02. The average Bonchev–Trinajstić information content (AvgIpc) is 2.25. The van der Waals surface area contributed by atoms with Crippen LogP contribution in [0.3, 0.4) is 0 Å². The molecule has 1 atom stereocenters. The highest BCUT2D eigenvalue weighted by Gasteiger charge is 2.03. The Morgan fingerprint density at radius 3 is 2.60 bits per heavy atom. The Balaban J connectivity index is 2.19. The molecule has 0 aliphatic rings. The number of hydrogen-bond acceptors (Lipinski definition) is 2. The fourth-order valence-electron chi connectivity index (χ4n) is 1.47. The molecule has 0 radical (unpaired) electrons. The van der Waals surface area contributed by atoms with Crippen LogP contribution in [0.2, 0.25) is 0 Å². The van der Waals surface area contributed by atoms with E-state index >= 15 is 0 Å². The van der Waals surface area contributed by atoms with Crippen LogP contribution >= 0.6 is 0 Å². The van der Waals surface area contributed by atoms with Gasteiger partial charge < -0.3 is 5.32 Å². The Bertz CT molecular complexity index is 256. The maximum Gasteiger partial charge on any atom is 0.0541 e. The molecule has 0 fully saturated rings. The Hall–Kier alpha value is -0.890. The summed E-state index contributed by atoms with van der Waals surface area (Å²) in [5, 5.41) is 3.49. The van der Waals surface area contributed by atoms with Crippen molar-refractivity contribution < 1.29 is 0 Å². The molecule has 0 saturated heterocycles. The van der Waals surface area contributed by atoms with Crippen molar-refractivity contribution in [1.82, 2.24) is 10.3 Å². The molecule has 0 amide bonds. The summed E-state index contributed by atoms with van der Waals surface area (Å²) in [6.45, 7) is 7.66. The van der Waals surface area contributed by atoms with E-state index in [0.29, 0.717) is 6.04 Å². The number of nitrogens with one attached hydrogen (secondary N) is 1. The molecule has 1 aromatic heterocycles. The molecule has 1 rings (SSSR count). The zero-order valence-electron chi connectivity index (χ0n) is 10.0. The second-order valence-electron chi connectivity index (χ2n) is 4.57. The van der Waals surface area contributed by atoms with Crippen LogP contribution in [0.25, 0.3) is 0 Å². The predicted octanol–water partition coefficient (Wildman–Crippen LogP) is 3.00. The highest BCUT2D eigenvalue weighted by atomic mass is 14.9. The van der Waals surface area contributed by atoms with Crippen molar-refractivity contribution in [1.29, 1.82) is 0 Å². The van der Waals surface area contributed by atoms with Gasteiger partial charge in [-0.2, -0.15) is 0 Å². The molecule has 84 valence electrons. The minimum Gasteiger partial charge on any atom is -0.309 e. The number of nitrogens with zero attached hydrogens (tertiary/aromatic N) is 1. The topological polar surface area (TPSA) is 24.9 Å². The summed E-state index contributed by atoms with van der Waals surface area (Å²) in [5.41, 5.74) is 1.12. The third-order valence-electron chi connectivity index (χ3n) is 2.53. The Morgan fingerprint density at radius 1 is 1.20 bits per heavy atom. The molecule has 0 saturated carbocycles. The Labute approximate surface area is 93.1 Å². The second-order valence-corrected chi connectivity index (χ2v) is 4.57. The lowest BCUT2D eigenvalue weighted by Gasteiger charge is -2.14. The standard InChI is InChI=1S/C13H22N2/c1-11(2)7-8-12(3)15-10-13-6-4-5-9-14-13/h4-6,9,11-12,15H,7-8,10H2,1-3H3. The second kappa shape index (κ2) is 6.57. The Morgan fingerprint density at radius 2 is 2.00 bits per heavy atom. The smallest absolute Gasteiger partial charge is 0.0541 e. The molecule has 2 heteroatoms. The molecule has 0 aliphatic heterocycles. The van der Waals surface area contributed by atoms with E-state index in [1.54, 1.807) is 0 Å². The molecule has 1 heterocycles. The Kier molecular flexibility index (Phi) is 5.33. The van der Waals surface area contributed by atoms with E-state index < -0.39 is 0 Å². The number of pyridine rings is 1. The van der Waals surface area contributed by atoms with Gasteiger partial charge in [0, 0.05) is 18.8 Å². The molecule has 15 heavy (non-hydrogen) atoms. The lowest BCUT2D eigenvalue weighted by atomic mass is 10.0. The van der Waals surface area contributed by atoms with E-state index in [4.69, 9.17) is 0 Å². The molecule has 0 bridgehead atoms. The number of aromatic nitrogens is 1. The largest absolute Gasteiger partial charge is 0.309 e. The highest BCUT2D eigenvalue weighted by Crippen LogP contribution is 2.06. The van der Waals surface area contributed by atoms with Gasteiger partial charge in [-0.05, 0) is 37.8 Å². The first kappa shape index (κ1) is 12.2. The fraction of sp³-hybridized carbons (Fsp3) is 0.615. The van der Waals surface area contributed by atoms with Crippen LogP contribution in [0.1, 0.15) is 39.3 Å². The molecule has 1 N–H and O–H groups in total. The van der Waals surface area contributed by atoms with E-state index in [2.05, 4.69) is 37.1 Å². The first-order chi connectivity index (χ1) is 7.18. The summed E-state index contributed by atoms with van der Waals surface area (Å²) >= 11 is 0. The van der Waals surface area contributed by atoms with Gasteiger partial charge in [0.2, 0.25) is 0 Å². The van der Waals surface area contributed by atoms with Gasteiger partial charge in [0.15, 0.2) is 0 Å². The molecular weight excluding hydrogens is 184 g/mol. The monoisotopic (exact) mass is 206 g/mol. The van der Waals surface area contributed by atoms with Gasteiger partial charge in [0.1, 0.15) is 0 Å². The summed E-state index contributed by atoms with van der Waals surface area (Å²) in [7, 11) is 0. The lowest BCUT2D eigenvalue weighted by Crippen LogP contribution is -2.26. The maximum atomic E-state index is 4.28. The summed E-state index contributed by atoms with van der Waals surface area (Å²) in [6, 6.07) is 6.62. The molecule has 0 aromatic carbocycles. The average molecular weight is 206 g/mol. The molecular formula is C13H22N2. The van der Waals surface area contributed by atoms with E-state index in [1.807, 2.05) is 18.3 Å².